The monoisotopic (exact) mass is 544 g/mol. The lowest BCUT2D eigenvalue weighted by Gasteiger charge is -2.23. The van der Waals surface area contributed by atoms with Crippen LogP contribution in [0.4, 0.5) is 0 Å². The summed E-state index contributed by atoms with van der Waals surface area (Å²) in [6, 6.07) is 20.5. The fourth-order valence-corrected chi connectivity index (χ4v) is 4.12. The number of hydrogen-bond donors (Lipinski definition) is 2. The summed E-state index contributed by atoms with van der Waals surface area (Å²) in [7, 11) is 1.58. The summed E-state index contributed by atoms with van der Waals surface area (Å²) in [4.78, 5) is 26.7. The molecule has 3 aromatic carbocycles. The van der Waals surface area contributed by atoms with Gasteiger partial charge >= 0.3 is 0 Å². The van der Waals surface area contributed by atoms with Crippen LogP contribution in [0.15, 0.2) is 66.7 Å². The maximum atomic E-state index is 13.4. The molecule has 0 unspecified atom stereocenters. The van der Waals surface area contributed by atoms with Crippen molar-refractivity contribution in [2.75, 3.05) is 13.7 Å². The Hall–Kier alpha value is -3.80. The SMILES string of the molecule is COc1ccc(C(NC(=O)c2ccc(C(C)(C)C)cc2)NC(=O)c2ccc(C(C)(C)C)cc2)cc1OCC(C)C. The number of benzene rings is 3. The van der Waals surface area contributed by atoms with Crippen molar-refractivity contribution in [2.45, 2.75) is 72.4 Å². The van der Waals surface area contributed by atoms with Crippen molar-refractivity contribution in [3.05, 3.63) is 94.5 Å². The highest BCUT2D eigenvalue weighted by molar-refractivity contribution is 5.97. The van der Waals surface area contributed by atoms with Crippen molar-refractivity contribution < 1.29 is 19.1 Å². The van der Waals surface area contributed by atoms with Gasteiger partial charge < -0.3 is 20.1 Å². The Balaban J connectivity index is 1.93. The molecule has 0 aliphatic rings. The van der Waals surface area contributed by atoms with Gasteiger partial charge in [0.25, 0.3) is 11.8 Å². The molecule has 0 atom stereocenters. The molecule has 2 N–H and O–H groups in total. The number of rotatable bonds is 9. The highest BCUT2D eigenvalue weighted by Crippen LogP contribution is 2.31. The number of ether oxygens (including phenoxy) is 2. The molecule has 0 spiro atoms. The first-order chi connectivity index (χ1) is 18.7. The van der Waals surface area contributed by atoms with Gasteiger partial charge in [-0.15, -0.1) is 0 Å². The first-order valence-electron chi connectivity index (χ1n) is 13.8. The highest BCUT2D eigenvalue weighted by Gasteiger charge is 2.22. The van der Waals surface area contributed by atoms with E-state index >= 15 is 0 Å². The normalized spacial score (nSPS) is 11.9. The Bertz CT molecular complexity index is 1230. The first-order valence-corrected chi connectivity index (χ1v) is 13.8. The van der Waals surface area contributed by atoms with Crippen molar-refractivity contribution in [1.82, 2.24) is 10.6 Å². The molecule has 0 aliphatic heterocycles. The molecule has 40 heavy (non-hydrogen) atoms. The molecule has 214 valence electrons. The standard InChI is InChI=1S/C34H44N2O4/c1-22(2)21-40-29-20-25(14-19-28(29)39-9)30(35-31(37)23-10-15-26(16-11-23)33(3,4)5)36-32(38)24-12-17-27(18-13-24)34(6,7)8/h10-20,22,30H,21H2,1-9H3,(H,35,37)(H,36,38). The molecule has 0 saturated carbocycles. The summed E-state index contributed by atoms with van der Waals surface area (Å²) >= 11 is 0. The second kappa shape index (κ2) is 12.6. The van der Waals surface area contributed by atoms with Crippen molar-refractivity contribution >= 4 is 11.8 Å². The van der Waals surface area contributed by atoms with Crippen LogP contribution < -0.4 is 20.1 Å². The van der Waals surface area contributed by atoms with E-state index < -0.39 is 6.17 Å². The van der Waals surface area contributed by atoms with Crippen molar-refractivity contribution in [3.8, 4) is 11.5 Å². The molecule has 0 aliphatic carbocycles. The molecular formula is C34H44N2O4. The zero-order valence-corrected chi connectivity index (χ0v) is 25.3. The van der Waals surface area contributed by atoms with Crippen LogP contribution in [-0.2, 0) is 10.8 Å². The average molecular weight is 545 g/mol. The van der Waals surface area contributed by atoms with Gasteiger partial charge in [0.2, 0.25) is 0 Å². The summed E-state index contributed by atoms with van der Waals surface area (Å²) < 4.78 is 11.5. The van der Waals surface area contributed by atoms with Gasteiger partial charge in [-0.3, -0.25) is 9.59 Å². The van der Waals surface area contributed by atoms with Crippen LogP contribution in [0.25, 0.3) is 0 Å². The largest absolute Gasteiger partial charge is 0.493 e. The lowest BCUT2D eigenvalue weighted by molar-refractivity contribution is 0.0883. The summed E-state index contributed by atoms with van der Waals surface area (Å²) in [5, 5.41) is 6.01. The minimum atomic E-state index is -0.808. The lowest BCUT2D eigenvalue weighted by Crippen LogP contribution is -2.41. The fraction of sp³-hybridized carbons (Fsp3) is 0.412. The van der Waals surface area contributed by atoms with Gasteiger partial charge in [-0.05, 0) is 69.8 Å². The third-order valence-corrected chi connectivity index (χ3v) is 6.67. The third kappa shape index (κ3) is 8.10. The van der Waals surface area contributed by atoms with Gasteiger partial charge in [0.1, 0.15) is 6.17 Å². The number of carbonyl (C=O) groups is 2. The second-order valence-electron chi connectivity index (χ2n) is 12.6. The minimum Gasteiger partial charge on any atom is -0.493 e. The molecular weight excluding hydrogens is 500 g/mol. The zero-order valence-electron chi connectivity index (χ0n) is 25.3. The number of methoxy groups -OCH3 is 1. The van der Waals surface area contributed by atoms with E-state index in [1.54, 1.807) is 19.2 Å². The van der Waals surface area contributed by atoms with E-state index in [1.165, 1.54) is 0 Å². The zero-order chi connectivity index (χ0) is 29.7. The Morgan fingerprint density at radius 2 is 1.15 bits per heavy atom. The minimum absolute atomic E-state index is 0.0243. The molecule has 0 aromatic heterocycles. The van der Waals surface area contributed by atoms with Crippen LogP contribution in [-0.4, -0.2) is 25.5 Å². The van der Waals surface area contributed by atoms with E-state index in [0.717, 1.165) is 11.1 Å². The summed E-state index contributed by atoms with van der Waals surface area (Å²) in [5.41, 5.74) is 3.90. The molecule has 2 amide bonds. The van der Waals surface area contributed by atoms with Crippen LogP contribution in [0, 0.1) is 5.92 Å². The van der Waals surface area contributed by atoms with Crippen LogP contribution in [0.2, 0.25) is 0 Å². The van der Waals surface area contributed by atoms with E-state index in [2.05, 4.69) is 66.0 Å². The predicted octanol–water partition coefficient (Wildman–Crippen LogP) is 7.18. The molecule has 3 aromatic rings. The number of carbonyl (C=O) groups excluding carboxylic acids is 2. The van der Waals surface area contributed by atoms with Gasteiger partial charge in [0.15, 0.2) is 11.5 Å². The van der Waals surface area contributed by atoms with Crippen LogP contribution in [0.5, 0.6) is 11.5 Å². The Kier molecular flexibility index (Phi) is 9.67. The Labute approximate surface area is 239 Å². The van der Waals surface area contributed by atoms with Crippen LogP contribution in [0.3, 0.4) is 0 Å². The molecule has 3 rings (SSSR count). The Morgan fingerprint density at radius 3 is 1.52 bits per heavy atom. The number of hydrogen-bond acceptors (Lipinski definition) is 4. The van der Waals surface area contributed by atoms with Gasteiger partial charge in [0, 0.05) is 11.1 Å². The predicted molar refractivity (Wildman–Crippen MR) is 161 cm³/mol. The quantitative estimate of drug-likeness (QED) is 0.280. The summed E-state index contributed by atoms with van der Waals surface area (Å²) in [6.45, 7) is 17.4. The molecule has 0 fully saturated rings. The van der Waals surface area contributed by atoms with Gasteiger partial charge in [-0.2, -0.15) is 0 Å². The highest BCUT2D eigenvalue weighted by atomic mass is 16.5. The summed E-state index contributed by atoms with van der Waals surface area (Å²) in [6.07, 6.45) is -0.808. The van der Waals surface area contributed by atoms with E-state index in [0.29, 0.717) is 40.7 Å². The van der Waals surface area contributed by atoms with Crippen molar-refractivity contribution in [1.29, 1.82) is 0 Å². The first kappa shape index (κ1) is 30.7. The lowest BCUT2D eigenvalue weighted by atomic mass is 9.86. The third-order valence-electron chi connectivity index (χ3n) is 6.67. The van der Waals surface area contributed by atoms with Crippen LogP contribution >= 0.6 is 0 Å². The molecule has 6 heteroatoms. The molecule has 0 heterocycles. The van der Waals surface area contributed by atoms with E-state index in [9.17, 15) is 9.59 Å². The maximum absolute atomic E-state index is 13.4. The molecule has 0 bridgehead atoms. The van der Waals surface area contributed by atoms with E-state index in [-0.39, 0.29) is 22.6 Å². The fourth-order valence-electron chi connectivity index (χ4n) is 4.12. The van der Waals surface area contributed by atoms with Gasteiger partial charge in [-0.1, -0.05) is 85.7 Å². The van der Waals surface area contributed by atoms with Gasteiger partial charge in [0.05, 0.1) is 13.7 Å². The number of nitrogens with one attached hydrogen (secondary N) is 2. The Morgan fingerprint density at radius 1 is 0.700 bits per heavy atom. The molecule has 0 radical (unpaired) electrons. The second-order valence-corrected chi connectivity index (χ2v) is 12.6. The smallest absolute Gasteiger partial charge is 0.253 e. The van der Waals surface area contributed by atoms with Crippen LogP contribution in [0.1, 0.15) is 99.0 Å². The van der Waals surface area contributed by atoms with Crippen molar-refractivity contribution in [2.24, 2.45) is 5.92 Å². The molecule has 0 saturated heterocycles. The molecule has 6 nitrogen and oxygen atoms in total. The topological polar surface area (TPSA) is 76.7 Å². The van der Waals surface area contributed by atoms with E-state index in [1.807, 2.05) is 54.6 Å². The average Bonchev–Trinajstić information content (AvgIpc) is 2.90. The van der Waals surface area contributed by atoms with E-state index in [4.69, 9.17) is 9.47 Å². The maximum Gasteiger partial charge on any atom is 0.253 e. The van der Waals surface area contributed by atoms with Gasteiger partial charge in [-0.25, -0.2) is 0 Å². The summed E-state index contributed by atoms with van der Waals surface area (Å²) in [5.74, 6) is 0.849. The number of amides is 2. The van der Waals surface area contributed by atoms with Crippen molar-refractivity contribution in [3.63, 3.8) is 0 Å².